The van der Waals surface area contributed by atoms with Crippen LogP contribution in [0.1, 0.15) is 12.8 Å². The molecule has 0 aliphatic heterocycles. The van der Waals surface area contributed by atoms with Gasteiger partial charge in [-0.2, -0.15) is 0 Å². The van der Waals surface area contributed by atoms with E-state index in [-0.39, 0.29) is 0 Å². The molecule has 8 N–H and O–H groups in total. The number of carbonyl (C=O) groups is 1. The van der Waals surface area contributed by atoms with Crippen molar-refractivity contribution in [1.82, 2.24) is 0 Å². The number of quaternary nitrogens is 3. The molecule has 72 valence electrons. The summed E-state index contributed by atoms with van der Waals surface area (Å²) in [7, 11) is 0. The summed E-state index contributed by atoms with van der Waals surface area (Å²) in [6.45, 7) is 2.76. The van der Waals surface area contributed by atoms with E-state index in [1.54, 1.807) is 0 Å². The highest BCUT2D eigenvalue weighted by molar-refractivity contribution is 5.68. The summed E-state index contributed by atoms with van der Waals surface area (Å²) in [4.78, 5) is 10.2. The molecule has 0 aromatic rings. The van der Waals surface area contributed by atoms with Crippen molar-refractivity contribution in [1.29, 1.82) is 0 Å². The smallest absolute Gasteiger partial charge is 0.130 e. The molecule has 5 nitrogen and oxygen atoms in total. The number of aliphatic carboxylic acids is 1. The van der Waals surface area contributed by atoms with E-state index in [1.165, 1.54) is 0 Å². The number of nitrogens with two attached hydrogens (primary N) is 1. The molecule has 0 amide bonds. The van der Waals surface area contributed by atoms with Crippen molar-refractivity contribution in [2.24, 2.45) is 0 Å². The van der Waals surface area contributed by atoms with Crippen molar-refractivity contribution in [2.45, 2.75) is 18.9 Å². The van der Waals surface area contributed by atoms with Crippen molar-refractivity contribution in [2.75, 3.05) is 19.6 Å². The van der Waals surface area contributed by atoms with Gasteiger partial charge >= 0.3 is 0 Å². The highest BCUT2D eigenvalue weighted by atomic mass is 16.4. The number of rotatable bonds is 7. The molecule has 0 bridgehead atoms. The van der Waals surface area contributed by atoms with Crippen LogP contribution in [0.4, 0.5) is 0 Å². The Bertz CT molecular complexity index is 130. The molecule has 1 unspecified atom stereocenters. The van der Waals surface area contributed by atoms with Crippen molar-refractivity contribution in [3.63, 3.8) is 0 Å². The Kier molecular flexibility index (Phi) is 6.64. The zero-order valence-corrected chi connectivity index (χ0v) is 7.42. The minimum atomic E-state index is -1.06. The van der Waals surface area contributed by atoms with E-state index in [1.807, 2.05) is 0 Å². The minimum absolute atomic E-state index is 0.569. The Balaban J connectivity index is 3.14. The Morgan fingerprint density at radius 3 is 2.67 bits per heavy atom. The molecule has 0 rings (SSSR count). The van der Waals surface area contributed by atoms with Gasteiger partial charge in [-0.05, 0) is 0 Å². The average molecular weight is 177 g/mol. The first-order valence-electron chi connectivity index (χ1n) is 4.33. The van der Waals surface area contributed by atoms with Crippen LogP contribution in [0.25, 0.3) is 0 Å². The second-order valence-electron chi connectivity index (χ2n) is 2.88. The van der Waals surface area contributed by atoms with Gasteiger partial charge in [0.25, 0.3) is 0 Å². The average Bonchev–Trinajstić information content (AvgIpc) is 2.03. The van der Waals surface area contributed by atoms with Gasteiger partial charge in [0.05, 0.1) is 32.0 Å². The molecule has 0 aliphatic carbocycles. The SMILES string of the molecule is [NH3+]CCC[NH2+]CCC([NH3+])C(=O)[O-]. The van der Waals surface area contributed by atoms with E-state index in [4.69, 9.17) is 0 Å². The molecule has 0 saturated heterocycles. The Morgan fingerprint density at radius 2 is 2.17 bits per heavy atom. The molecule has 0 spiro atoms. The highest BCUT2D eigenvalue weighted by Gasteiger charge is 2.06. The van der Waals surface area contributed by atoms with Gasteiger partial charge < -0.3 is 26.7 Å². The Morgan fingerprint density at radius 1 is 1.50 bits per heavy atom. The van der Waals surface area contributed by atoms with E-state index >= 15 is 0 Å². The summed E-state index contributed by atoms with van der Waals surface area (Å²) >= 11 is 0. The van der Waals surface area contributed by atoms with Crippen LogP contribution >= 0.6 is 0 Å². The minimum Gasteiger partial charge on any atom is -0.544 e. The van der Waals surface area contributed by atoms with Gasteiger partial charge in [-0.1, -0.05) is 0 Å². The van der Waals surface area contributed by atoms with Gasteiger partial charge in [-0.3, -0.25) is 0 Å². The fraction of sp³-hybridized carbons (Fsp3) is 0.857. The third kappa shape index (κ3) is 6.09. The number of carbonyl (C=O) groups excluding carboxylic acids is 1. The molecule has 0 heterocycles. The molecule has 0 aromatic carbocycles. The molecular formula is C7H19N3O2+2. The van der Waals surface area contributed by atoms with Gasteiger partial charge in [-0.15, -0.1) is 0 Å². The molecule has 0 radical (unpaired) electrons. The maximum Gasteiger partial charge on any atom is 0.130 e. The molecule has 0 aromatic heterocycles. The maximum absolute atomic E-state index is 10.2. The molecule has 0 aliphatic rings. The van der Waals surface area contributed by atoms with Crippen molar-refractivity contribution >= 4 is 5.97 Å². The van der Waals surface area contributed by atoms with Crippen LogP contribution in [0, 0.1) is 0 Å². The summed E-state index contributed by atoms with van der Waals surface area (Å²) in [5.74, 6) is -1.06. The molecular weight excluding hydrogens is 158 g/mol. The lowest BCUT2D eigenvalue weighted by Gasteiger charge is -2.07. The lowest BCUT2D eigenvalue weighted by Crippen LogP contribution is -2.86. The van der Waals surface area contributed by atoms with Crippen LogP contribution in [0.3, 0.4) is 0 Å². The molecule has 0 saturated carbocycles. The summed E-state index contributed by atoms with van der Waals surface area (Å²) in [5, 5.41) is 12.3. The predicted octanol–water partition coefficient (Wildman–Crippen LogP) is -5.07. The van der Waals surface area contributed by atoms with Gasteiger partial charge in [0.2, 0.25) is 0 Å². The lowest BCUT2D eigenvalue weighted by molar-refractivity contribution is -0.660. The second kappa shape index (κ2) is 7.02. The van der Waals surface area contributed by atoms with Crippen LogP contribution in [0.5, 0.6) is 0 Å². The van der Waals surface area contributed by atoms with Crippen molar-refractivity contribution < 1.29 is 26.7 Å². The Hall–Kier alpha value is -0.650. The quantitative estimate of drug-likeness (QED) is 0.338. The first kappa shape index (κ1) is 11.4. The lowest BCUT2D eigenvalue weighted by atomic mass is 10.2. The molecule has 0 fully saturated rings. The fourth-order valence-corrected chi connectivity index (χ4v) is 0.870. The third-order valence-corrected chi connectivity index (χ3v) is 1.71. The first-order chi connectivity index (χ1) is 5.68. The summed E-state index contributed by atoms with van der Waals surface area (Å²) in [6.07, 6.45) is 1.66. The van der Waals surface area contributed by atoms with E-state index in [0.29, 0.717) is 6.42 Å². The number of carboxylic acids is 1. The fourth-order valence-electron chi connectivity index (χ4n) is 0.870. The maximum atomic E-state index is 10.2. The van der Waals surface area contributed by atoms with E-state index in [2.05, 4.69) is 16.8 Å². The third-order valence-electron chi connectivity index (χ3n) is 1.71. The normalized spacial score (nSPS) is 12.8. The largest absolute Gasteiger partial charge is 0.544 e. The van der Waals surface area contributed by atoms with Gasteiger partial charge in [0.15, 0.2) is 0 Å². The van der Waals surface area contributed by atoms with E-state index < -0.39 is 12.0 Å². The summed E-state index contributed by atoms with van der Waals surface area (Å²) in [6, 6.07) is -0.569. The Labute approximate surface area is 72.1 Å². The topological polar surface area (TPSA) is 112 Å². The standard InChI is InChI=1S/C7H17N3O2/c8-3-1-4-10-5-2-6(9)7(11)12/h6,10H,1-5,8-9H2,(H,11,12)/p+2. The molecule has 5 heteroatoms. The van der Waals surface area contributed by atoms with E-state index in [9.17, 15) is 9.90 Å². The number of hydrogen-bond donors (Lipinski definition) is 3. The van der Waals surface area contributed by atoms with Gasteiger partial charge in [0, 0.05) is 6.42 Å². The summed E-state index contributed by atoms with van der Waals surface area (Å²) < 4.78 is 0. The van der Waals surface area contributed by atoms with Crippen molar-refractivity contribution in [3.05, 3.63) is 0 Å². The van der Waals surface area contributed by atoms with Crippen LogP contribution < -0.4 is 21.9 Å². The van der Waals surface area contributed by atoms with Crippen molar-refractivity contribution in [3.8, 4) is 0 Å². The van der Waals surface area contributed by atoms with Crippen LogP contribution in [-0.2, 0) is 4.79 Å². The van der Waals surface area contributed by atoms with Crippen LogP contribution in [-0.4, -0.2) is 31.6 Å². The zero-order chi connectivity index (χ0) is 9.40. The van der Waals surface area contributed by atoms with Gasteiger partial charge in [0.1, 0.15) is 6.04 Å². The van der Waals surface area contributed by atoms with E-state index in [0.717, 1.165) is 26.1 Å². The van der Waals surface area contributed by atoms with Crippen LogP contribution in [0.15, 0.2) is 0 Å². The van der Waals surface area contributed by atoms with Crippen LogP contribution in [0.2, 0.25) is 0 Å². The number of carboxylic acid groups (broad SMARTS) is 1. The molecule has 1 atom stereocenters. The number of hydrogen-bond acceptors (Lipinski definition) is 2. The first-order valence-corrected chi connectivity index (χ1v) is 4.33. The zero-order valence-electron chi connectivity index (χ0n) is 7.42. The second-order valence-corrected chi connectivity index (χ2v) is 2.88. The van der Waals surface area contributed by atoms with Gasteiger partial charge in [-0.25, -0.2) is 0 Å². The monoisotopic (exact) mass is 177 g/mol. The predicted molar refractivity (Wildman–Crippen MR) is 40.3 cm³/mol. The summed E-state index contributed by atoms with van der Waals surface area (Å²) in [5.41, 5.74) is 7.17. The highest BCUT2D eigenvalue weighted by Crippen LogP contribution is 1.77. The molecule has 12 heavy (non-hydrogen) atoms.